The number of para-hydroxylation sites is 1. The van der Waals surface area contributed by atoms with Gasteiger partial charge in [-0.15, -0.1) is 0 Å². The lowest BCUT2D eigenvalue weighted by molar-refractivity contribution is -0.0514. The van der Waals surface area contributed by atoms with Gasteiger partial charge in [-0.25, -0.2) is 9.37 Å². The van der Waals surface area contributed by atoms with Gasteiger partial charge in [-0.05, 0) is 62.3 Å². The zero-order chi connectivity index (χ0) is 27.1. The molecule has 5 aliphatic rings. The molecule has 40 heavy (non-hydrogen) atoms. The Morgan fingerprint density at radius 3 is 2.90 bits per heavy atom. The standard InChI is InChI=1S/C31H34FN5O3/c1-20-14-36(19-34-20)25-7-6-21(12-26(25)38-2)23-13-30(23)15-29(9-11-39-17-29)16-37-28(30)35-40-18-31(37)8-10-33-27-22(31)4-3-5-24(27)32/h3-7,12,14,19,23,33H,8-11,13,15-18H2,1-2H3. The van der Waals surface area contributed by atoms with Crippen LogP contribution in [0.3, 0.4) is 0 Å². The number of piperidine rings is 1. The topological polar surface area (TPSA) is 73.1 Å². The lowest BCUT2D eigenvalue weighted by Gasteiger charge is -2.57. The van der Waals surface area contributed by atoms with Crippen molar-refractivity contribution < 1.29 is 18.7 Å². The third-order valence-corrected chi connectivity index (χ3v) is 10.1. The first-order chi connectivity index (χ1) is 19.5. The number of nitrogens with zero attached hydrogens (tertiary/aromatic N) is 4. The molecule has 3 fully saturated rings. The van der Waals surface area contributed by atoms with Gasteiger partial charge in [0.05, 0.1) is 37.1 Å². The van der Waals surface area contributed by atoms with Crippen molar-refractivity contribution in [3.63, 3.8) is 0 Å². The maximum atomic E-state index is 15.0. The summed E-state index contributed by atoms with van der Waals surface area (Å²) in [5.41, 5.74) is 4.16. The van der Waals surface area contributed by atoms with Crippen molar-refractivity contribution in [2.24, 2.45) is 16.0 Å². The number of rotatable bonds is 3. The molecule has 4 aliphatic heterocycles. The number of amidine groups is 1. The van der Waals surface area contributed by atoms with Crippen LogP contribution in [-0.2, 0) is 15.1 Å². The van der Waals surface area contributed by atoms with Crippen molar-refractivity contribution in [1.82, 2.24) is 14.5 Å². The highest BCUT2D eigenvalue weighted by molar-refractivity contribution is 5.94. The van der Waals surface area contributed by atoms with Gasteiger partial charge in [0, 0.05) is 42.3 Å². The first-order valence-corrected chi connectivity index (χ1v) is 14.2. The van der Waals surface area contributed by atoms with E-state index in [9.17, 15) is 0 Å². The number of fused-ring (bicyclic) bond motifs is 5. The predicted molar refractivity (Wildman–Crippen MR) is 148 cm³/mol. The molecule has 1 aromatic heterocycles. The van der Waals surface area contributed by atoms with Crippen LogP contribution in [0.2, 0.25) is 0 Å². The normalized spacial score (nSPS) is 31.9. The zero-order valence-electron chi connectivity index (χ0n) is 23.0. The molecule has 0 radical (unpaired) electrons. The summed E-state index contributed by atoms with van der Waals surface area (Å²) in [4.78, 5) is 13.0. The number of imidazole rings is 1. The molecule has 8 rings (SSSR count). The summed E-state index contributed by atoms with van der Waals surface area (Å²) < 4.78 is 28.9. The number of ether oxygens (including phenoxy) is 2. The number of oxime groups is 1. The summed E-state index contributed by atoms with van der Waals surface area (Å²) in [6, 6.07) is 11.9. The first kappa shape index (κ1) is 24.2. The molecule has 4 atom stereocenters. The van der Waals surface area contributed by atoms with Gasteiger partial charge in [0.2, 0.25) is 0 Å². The predicted octanol–water partition coefficient (Wildman–Crippen LogP) is 4.97. The highest BCUT2D eigenvalue weighted by atomic mass is 19.1. The van der Waals surface area contributed by atoms with E-state index in [0.717, 1.165) is 74.0 Å². The summed E-state index contributed by atoms with van der Waals surface area (Å²) in [6.07, 6.45) is 7.68. The van der Waals surface area contributed by atoms with Gasteiger partial charge < -0.3 is 29.1 Å². The zero-order valence-corrected chi connectivity index (χ0v) is 23.0. The minimum Gasteiger partial charge on any atom is -0.495 e. The number of halogens is 1. The molecule has 2 saturated heterocycles. The third-order valence-electron chi connectivity index (χ3n) is 10.1. The van der Waals surface area contributed by atoms with Crippen LogP contribution >= 0.6 is 0 Å². The van der Waals surface area contributed by atoms with Crippen LogP contribution in [0.5, 0.6) is 5.75 Å². The molecular formula is C31H34FN5O3. The smallest absolute Gasteiger partial charge is 0.152 e. The Morgan fingerprint density at radius 2 is 2.10 bits per heavy atom. The quantitative estimate of drug-likeness (QED) is 0.503. The summed E-state index contributed by atoms with van der Waals surface area (Å²) in [7, 11) is 1.72. The lowest BCUT2D eigenvalue weighted by Crippen LogP contribution is -2.65. The van der Waals surface area contributed by atoms with E-state index in [1.807, 2.05) is 30.1 Å². The minimum atomic E-state index is -0.462. The van der Waals surface area contributed by atoms with Crippen LogP contribution in [0.25, 0.3) is 5.69 Å². The van der Waals surface area contributed by atoms with Crippen molar-refractivity contribution in [2.45, 2.75) is 44.1 Å². The Morgan fingerprint density at radius 1 is 1.18 bits per heavy atom. The Balaban J connectivity index is 1.21. The van der Waals surface area contributed by atoms with Crippen LogP contribution in [0.15, 0.2) is 54.1 Å². The maximum Gasteiger partial charge on any atom is 0.152 e. The molecule has 0 bridgehead atoms. The van der Waals surface area contributed by atoms with E-state index in [-0.39, 0.29) is 22.6 Å². The van der Waals surface area contributed by atoms with Crippen LogP contribution in [0, 0.1) is 23.6 Å². The fourth-order valence-electron chi connectivity index (χ4n) is 8.08. The van der Waals surface area contributed by atoms with Crippen molar-refractivity contribution in [3.05, 3.63) is 71.6 Å². The number of benzene rings is 2. The van der Waals surface area contributed by atoms with E-state index in [1.165, 1.54) is 11.6 Å². The van der Waals surface area contributed by atoms with Gasteiger partial charge in [0.25, 0.3) is 0 Å². The summed E-state index contributed by atoms with van der Waals surface area (Å²) >= 11 is 0. The highest BCUT2D eigenvalue weighted by Gasteiger charge is 2.69. The number of methoxy groups -OCH3 is 1. The molecule has 9 heteroatoms. The molecule has 1 saturated carbocycles. The van der Waals surface area contributed by atoms with E-state index in [4.69, 9.17) is 19.5 Å². The molecule has 3 spiro atoms. The minimum absolute atomic E-state index is 0.0365. The number of aromatic nitrogens is 2. The highest BCUT2D eigenvalue weighted by Crippen LogP contribution is 2.70. The molecule has 4 unspecified atom stereocenters. The van der Waals surface area contributed by atoms with Crippen molar-refractivity contribution >= 4 is 11.5 Å². The number of hydrogen-bond donors (Lipinski definition) is 1. The van der Waals surface area contributed by atoms with Crippen molar-refractivity contribution in [3.8, 4) is 11.4 Å². The van der Waals surface area contributed by atoms with Crippen LogP contribution < -0.4 is 10.1 Å². The molecular weight excluding hydrogens is 509 g/mol. The molecule has 1 N–H and O–H groups in total. The molecule has 1 aliphatic carbocycles. The SMILES string of the molecule is COc1cc(C2CC23CC2(CCOC2)CN2C3=NOCC23CCNc2c(F)cccc23)ccc1-n1cnc(C)c1. The van der Waals surface area contributed by atoms with Gasteiger partial charge in [-0.2, -0.15) is 0 Å². The number of aryl methyl sites for hydroxylation is 1. The second-order valence-electron chi connectivity index (χ2n) is 12.4. The van der Waals surface area contributed by atoms with Gasteiger partial charge in [0.1, 0.15) is 23.7 Å². The Kier molecular flexibility index (Phi) is 5.12. The summed E-state index contributed by atoms with van der Waals surface area (Å²) in [5.74, 6) is 1.92. The Labute approximate surface area is 233 Å². The summed E-state index contributed by atoms with van der Waals surface area (Å²) in [5, 5.41) is 8.12. The van der Waals surface area contributed by atoms with Gasteiger partial charge >= 0.3 is 0 Å². The van der Waals surface area contributed by atoms with Gasteiger partial charge in [-0.1, -0.05) is 23.4 Å². The fraction of sp³-hybridized carbons (Fsp3) is 0.484. The van der Waals surface area contributed by atoms with Gasteiger partial charge in [-0.3, -0.25) is 0 Å². The van der Waals surface area contributed by atoms with Crippen LogP contribution in [0.4, 0.5) is 10.1 Å². The van der Waals surface area contributed by atoms with Crippen molar-refractivity contribution in [1.29, 1.82) is 0 Å². The van der Waals surface area contributed by atoms with E-state index in [2.05, 4.69) is 39.5 Å². The van der Waals surface area contributed by atoms with E-state index >= 15 is 4.39 Å². The second-order valence-corrected chi connectivity index (χ2v) is 12.4. The summed E-state index contributed by atoms with van der Waals surface area (Å²) in [6.45, 7) is 5.47. The van der Waals surface area contributed by atoms with E-state index < -0.39 is 5.54 Å². The largest absolute Gasteiger partial charge is 0.495 e. The molecule has 0 amide bonds. The maximum absolute atomic E-state index is 15.0. The monoisotopic (exact) mass is 543 g/mol. The number of hydrogen-bond acceptors (Lipinski definition) is 7. The van der Waals surface area contributed by atoms with Gasteiger partial charge in [0.15, 0.2) is 5.84 Å². The van der Waals surface area contributed by atoms with E-state index in [1.54, 1.807) is 7.11 Å². The molecule has 208 valence electrons. The fourth-order valence-corrected chi connectivity index (χ4v) is 8.08. The number of nitrogens with one attached hydrogen (secondary N) is 1. The lowest BCUT2D eigenvalue weighted by atomic mass is 9.68. The van der Waals surface area contributed by atoms with Crippen molar-refractivity contribution in [2.75, 3.05) is 45.3 Å². The number of anilines is 1. The van der Waals surface area contributed by atoms with Crippen LogP contribution in [-0.4, -0.2) is 60.3 Å². The Hall–Kier alpha value is -3.59. The van der Waals surface area contributed by atoms with E-state index in [0.29, 0.717) is 18.8 Å². The second kappa shape index (κ2) is 8.46. The average molecular weight is 544 g/mol. The third kappa shape index (κ3) is 3.33. The molecule has 3 aromatic rings. The van der Waals surface area contributed by atoms with Crippen LogP contribution in [0.1, 0.15) is 48.4 Å². The average Bonchev–Trinajstić information content (AvgIpc) is 3.24. The molecule has 5 heterocycles. The first-order valence-electron chi connectivity index (χ1n) is 14.2. The molecule has 8 nitrogen and oxygen atoms in total. The molecule has 2 aromatic carbocycles. The Bertz CT molecular complexity index is 1530.